The molecule has 0 saturated heterocycles. The van der Waals surface area contributed by atoms with Crippen LogP contribution in [0.25, 0.3) is 0 Å². The van der Waals surface area contributed by atoms with E-state index in [1.807, 2.05) is 0 Å². The fourth-order valence-corrected chi connectivity index (χ4v) is 2.34. The van der Waals surface area contributed by atoms with E-state index in [0.29, 0.717) is 10.3 Å². The number of aryl methyl sites for hydroxylation is 1. The highest BCUT2D eigenvalue weighted by Gasteiger charge is 2.28. The number of carbonyl (C=O) groups is 1. The lowest BCUT2D eigenvalue weighted by Gasteiger charge is -2.13. The van der Waals surface area contributed by atoms with Gasteiger partial charge in [-0.3, -0.25) is 9.52 Å². The van der Waals surface area contributed by atoms with Crippen molar-refractivity contribution in [3.05, 3.63) is 22.4 Å². The van der Waals surface area contributed by atoms with Crippen LogP contribution in [-0.4, -0.2) is 31.7 Å². The fraction of sp³-hybridized carbons (Fsp3) is 0.400. The van der Waals surface area contributed by atoms with E-state index in [1.54, 1.807) is 13.0 Å². The molecule has 0 radical (unpaired) electrons. The molecule has 18 heavy (non-hydrogen) atoms. The van der Waals surface area contributed by atoms with Gasteiger partial charge in [-0.25, -0.2) is 13.4 Å². The summed E-state index contributed by atoms with van der Waals surface area (Å²) in [5, 5.41) is -1.29. The quantitative estimate of drug-likeness (QED) is 0.664. The third-order valence-corrected chi connectivity index (χ3v) is 4.75. The Labute approximate surface area is 114 Å². The maximum Gasteiger partial charge on any atom is 0.325 e. The lowest BCUT2D eigenvalue weighted by Crippen LogP contribution is -2.33. The number of halogens is 1. The number of sulfonamides is 1. The number of hydrogen-bond donors (Lipinski definition) is 1. The van der Waals surface area contributed by atoms with Crippen LogP contribution in [-0.2, 0) is 19.6 Å². The van der Waals surface area contributed by atoms with Gasteiger partial charge in [-0.1, -0.05) is 0 Å². The minimum atomic E-state index is -3.83. The van der Waals surface area contributed by atoms with Crippen molar-refractivity contribution in [2.45, 2.75) is 19.1 Å². The first-order chi connectivity index (χ1) is 8.27. The SMILES string of the molecule is COC(=O)C(C)S(=O)(=O)Nc1cnc(Br)c(C)c1. The molecule has 0 aliphatic heterocycles. The van der Waals surface area contributed by atoms with Crippen LogP contribution < -0.4 is 4.72 Å². The van der Waals surface area contributed by atoms with Crippen molar-refractivity contribution >= 4 is 37.6 Å². The Morgan fingerprint density at radius 3 is 2.67 bits per heavy atom. The van der Waals surface area contributed by atoms with Gasteiger partial charge in [0.25, 0.3) is 0 Å². The molecule has 0 fully saturated rings. The molecule has 0 aliphatic carbocycles. The Kier molecular flexibility index (Phi) is 4.69. The molecule has 0 amide bonds. The molecule has 1 heterocycles. The average molecular weight is 337 g/mol. The van der Waals surface area contributed by atoms with Crippen molar-refractivity contribution in [1.29, 1.82) is 0 Å². The second-order valence-electron chi connectivity index (χ2n) is 3.64. The summed E-state index contributed by atoms with van der Waals surface area (Å²) >= 11 is 3.21. The summed E-state index contributed by atoms with van der Waals surface area (Å²) in [6.45, 7) is 3.03. The number of nitrogens with one attached hydrogen (secondary N) is 1. The number of pyridine rings is 1. The highest BCUT2D eigenvalue weighted by molar-refractivity contribution is 9.10. The summed E-state index contributed by atoms with van der Waals surface area (Å²) in [7, 11) is -2.70. The van der Waals surface area contributed by atoms with E-state index in [4.69, 9.17) is 0 Å². The van der Waals surface area contributed by atoms with Crippen molar-refractivity contribution in [3.8, 4) is 0 Å². The number of esters is 1. The predicted molar refractivity (Wildman–Crippen MR) is 70.7 cm³/mol. The van der Waals surface area contributed by atoms with E-state index >= 15 is 0 Å². The molecular weight excluding hydrogens is 324 g/mol. The van der Waals surface area contributed by atoms with Gasteiger partial charge < -0.3 is 4.74 Å². The number of ether oxygens (including phenoxy) is 1. The van der Waals surface area contributed by atoms with Gasteiger partial charge in [-0.15, -0.1) is 0 Å². The van der Waals surface area contributed by atoms with Crippen LogP contribution in [0.5, 0.6) is 0 Å². The normalized spacial score (nSPS) is 12.9. The molecule has 0 spiro atoms. The van der Waals surface area contributed by atoms with Gasteiger partial charge in [0.05, 0.1) is 19.0 Å². The number of anilines is 1. The predicted octanol–water partition coefficient (Wildman–Crippen LogP) is 1.46. The molecular formula is C10H13BrN2O4S. The van der Waals surface area contributed by atoms with E-state index in [9.17, 15) is 13.2 Å². The van der Waals surface area contributed by atoms with Crippen LogP contribution in [0.2, 0.25) is 0 Å². The molecule has 1 aromatic rings. The Morgan fingerprint density at radius 1 is 1.56 bits per heavy atom. The molecule has 1 aromatic heterocycles. The van der Waals surface area contributed by atoms with Gasteiger partial charge in [0, 0.05) is 0 Å². The Morgan fingerprint density at radius 2 is 2.17 bits per heavy atom. The second kappa shape index (κ2) is 5.66. The summed E-state index contributed by atoms with van der Waals surface area (Å²) in [6, 6.07) is 1.61. The molecule has 1 atom stereocenters. The number of methoxy groups -OCH3 is 1. The average Bonchev–Trinajstić information content (AvgIpc) is 2.31. The molecule has 0 bridgehead atoms. The van der Waals surface area contributed by atoms with Crippen molar-refractivity contribution in [3.63, 3.8) is 0 Å². The monoisotopic (exact) mass is 336 g/mol. The highest BCUT2D eigenvalue weighted by atomic mass is 79.9. The van der Waals surface area contributed by atoms with E-state index in [1.165, 1.54) is 13.1 Å². The Balaban J connectivity index is 2.95. The summed E-state index contributed by atoms with van der Waals surface area (Å²) in [4.78, 5) is 15.2. The molecule has 8 heteroatoms. The van der Waals surface area contributed by atoms with Crippen molar-refractivity contribution in [2.24, 2.45) is 0 Å². The smallest absolute Gasteiger partial charge is 0.325 e. The molecule has 0 aromatic carbocycles. The van der Waals surface area contributed by atoms with Crippen LogP contribution >= 0.6 is 15.9 Å². The first kappa shape index (κ1) is 14.9. The number of carbonyl (C=O) groups excluding carboxylic acids is 1. The molecule has 100 valence electrons. The zero-order valence-electron chi connectivity index (χ0n) is 10.1. The summed E-state index contributed by atoms with van der Waals surface area (Å²) in [5.41, 5.74) is 1.08. The number of rotatable bonds is 4. The van der Waals surface area contributed by atoms with Crippen LogP contribution in [0.15, 0.2) is 16.9 Å². The van der Waals surface area contributed by atoms with Crippen LogP contribution in [0.1, 0.15) is 12.5 Å². The van der Waals surface area contributed by atoms with Crippen LogP contribution in [0.3, 0.4) is 0 Å². The lowest BCUT2D eigenvalue weighted by molar-refractivity contribution is -0.139. The molecule has 1 rings (SSSR count). The van der Waals surface area contributed by atoms with Gasteiger partial charge in [0.2, 0.25) is 10.0 Å². The zero-order chi connectivity index (χ0) is 13.9. The third-order valence-electron chi connectivity index (χ3n) is 2.27. The lowest BCUT2D eigenvalue weighted by atomic mass is 10.3. The Bertz CT molecular complexity index is 559. The fourth-order valence-electron chi connectivity index (χ4n) is 1.16. The van der Waals surface area contributed by atoms with Gasteiger partial charge in [0.1, 0.15) is 4.60 Å². The summed E-state index contributed by atoms with van der Waals surface area (Å²) in [5.74, 6) is -0.815. The molecule has 6 nitrogen and oxygen atoms in total. The summed E-state index contributed by atoms with van der Waals surface area (Å²) in [6.07, 6.45) is 1.36. The van der Waals surface area contributed by atoms with Crippen LogP contribution in [0.4, 0.5) is 5.69 Å². The van der Waals surface area contributed by atoms with Crippen LogP contribution in [0, 0.1) is 6.92 Å². The largest absolute Gasteiger partial charge is 0.468 e. The van der Waals surface area contributed by atoms with Gasteiger partial charge in [-0.05, 0) is 41.4 Å². The maximum atomic E-state index is 11.8. The number of nitrogens with zero attached hydrogens (tertiary/aromatic N) is 1. The van der Waals surface area contributed by atoms with E-state index in [2.05, 4.69) is 30.4 Å². The van der Waals surface area contributed by atoms with Gasteiger partial charge in [-0.2, -0.15) is 0 Å². The van der Waals surface area contributed by atoms with Gasteiger partial charge >= 0.3 is 5.97 Å². The molecule has 0 aliphatic rings. The standard InChI is InChI=1S/C10H13BrN2O4S/c1-6-4-8(5-12-9(6)11)13-18(15,16)7(2)10(14)17-3/h4-5,7,13H,1-3H3. The first-order valence-corrected chi connectivity index (χ1v) is 7.33. The van der Waals surface area contributed by atoms with Crippen molar-refractivity contribution in [1.82, 2.24) is 4.98 Å². The highest BCUT2D eigenvalue weighted by Crippen LogP contribution is 2.18. The van der Waals surface area contributed by atoms with E-state index in [-0.39, 0.29) is 0 Å². The van der Waals surface area contributed by atoms with Crippen molar-refractivity contribution in [2.75, 3.05) is 11.8 Å². The van der Waals surface area contributed by atoms with E-state index < -0.39 is 21.2 Å². The molecule has 0 saturated carbocycles. The van der Waals surface area contributed by atoms with E-state index in [0.717, 1.165) is 12.7 Å². The molecule has 1 N–H and O–H groups in total. The zero-order valence-corrected chi connectivity index (χ0v) is 12.5. The first-order valence-electron chi connectivity index (χ1n) is 4.99. The minimum Gasteiger partial charge on any atom is -0.468 e. The van der Waals surface area contributed by atoms with Crippen molar-refractivity contribution < 1.29 is 17.9 Å². The minimum absolute atomic E-state index is 0.298. The molecule has 1 unspecified atom stereocenters. The second-order valence-corrected chi connectivity index (χ2v) is 6.40. The topological polar surface area (TPSA) is 85.4 Å². The van der Waals surface area contributed by atoms with Gasteiger partial charge in [0.15, 0.2) is 5.25 Å². The number of hydrogen-bond acceptors (Lipinski definition) is 5. The maximum absolute atomic E-state index is 11.8. The third kappa shape index (κ3) is 3.42. The summed E-state index contributed by atoms with van der Waals surface area (Å²) < 4.78 is 31.0. The number of aromatic nitrogens is 1. The Hall–Kier alpha value is -1.15.